The number of benzene rings is 3. The molecule has 0 unspecified atom stereocenters. The monoisotopic (exact) mass is 520 g/mol. The number of hydrogen-bond acceptors (Lipinski definition) is 7. The summed E-state index contributed by atoms with van der Waals surface area (Å²) in [6.07, 6.45) is 1.41. The summed E-state index contributed by atoms with van der Waals surface area (Å²) in [4.78, 5) is 36.1. The van der Waals surface area contributed by atoms with Gasteiger partial charge in [-0.05, 0) is 42.5 Å². The van der Waals surface area contributed by atoms with E-state index in [0.717, 1.165) is 5.69 Å². The number of amides is 3. The first-order valence-electron chi connectivity index (χ1n) is 11.5. The summed E-state index contributed by atoms with van der Waals surface area (Å²) in [5.74, 6) is -0.617. The number of rotatable bonds is 5. The summed E-state index contributed by atoms with van der Waals surface area (Å²) in [7, 11) is 0. The molecule has 9 nitrogen and oxygen atoms in total. The number of hydrogen-bond donors (Lipinski definition) is 3. The number of carbonyl (C=O) groups excluding carboxylic acids is 2. The molecule has 1 aromatic heterocycles. The van der Waals surface area contributed by atoms with Gasteiger partial charge in [0.15, 0.2) is 0 Å². The SMILES string of the molecule is O=C(NC(=O)c1ccccc1)Nc1cc2c(Nc3ccc(F)c(Cl)c3)ncnc2cc1N1CCOCC1. The number of morpholine rings is 1. The predicted octanol–water partition coefficient (Wildman–Crippen LogP) is 4.96. The number of carbonyl (C=O) groups is 2. The van der Waals surface area contributed by atoms with E-state index in [0.29, 0.717) is 60.0 Å². The van der Waals surface area contributed by atoms with Gasteiger partial charge in [0.25, 0.3) is 5.91 Å². The van der Waals surface area contributed by atoms with Gasteiger partial charge < -0.3 is 20.3 Å². The summed E-state index contributed by atoms with van der Waals surface area (Å²) in [5, 5.41) is 8.86. The molecule has 1 fully saturated rings. The number of halogens is 2. The van der Waals surface area contributed by atoms with E-state index in [1.807, 2.05) is 6.07 Å². The zero-order chi connectivity index (χ0) is 25.8. The minimum absolute atomic E-state index is 0.0277. The van der Waals surface area contributed by atoms with Crippen LogP contribution in [0.3, 0.4) is 0 Å². The number of urea groups is 1. The molecule has 2 heterocycles. The summed E-state index contributed by atoms with van der Waals surface area (Å²) in [5.41, 5.74) is 2.71. The molecule has 37 heavy (non-hydrogen) atoms. The van der Waals surface area contributed by atoms with Crippen LogP contribution in [0.25, 0.3) is 10.9 Å². The third-order valence-corrected chi connectivity index (χ3v) is 6.09. The van der Waals surface area contributed by atoms with Crippen molar-refractivity contribution < 1.29 is 18.7 Å². The Labute approximate surface area is 216 Å². The second-order valence-electron chi connectivity index (χ2n) is 8.24. The van der Waals surface area contributed by atoms with Crippen molar-refractivity contribution in [2.75, 3.05) is 41.8 Å². The summed E-state index contributed by atoms with van der Waals surface area (Å²) in [6.45, 7) is 2.32. The zero-order valence-electron chi connectivity index (χ0n) is 19.5. The lowest BCUT2D eigenvalue weighted by atomic mass is 10.1. The molecular weight excluding hydrogens is 499 g/mol. The van der Waals surface area contributed by atoms with E-state index < -0.39 is 17.8 Å². The van der Waals surface area contributed by atoms with Gasteiger partial charge in [-0.2, -0.15) is 0 Å². The van der Waals surface area contributed by atoms with Gasteiger partial charge in [-0.15, -0.1) is 0 Å². The number of ether oxygens (including phenoxy) is 1. The minimum Gasteiger partial charge on any atom is -0.378 e. The van der Waals surface area contributed by atoms with E-state index in [1.165, 1.54) is 18.5 Å². The smallest absolute Gasteiger partial charge is 0.326 e. The average molecular weight is 521 g/mol. The molecular formula is C26H22ClFN6O3. The Balaban J connectivity index is 1.49. The van der Waals surface area contributed by atoms with Gasteiger partial charge in [0, 0.05) is 29.7 Å². The van der Waals surface area contributed by atoms with Crippen LogP contribution in [-0.4, -0.2) is 48.2 Å². The van der Waals surface area contributed by atoms with Crippen molar-refractivity contribution in [3.63, 3.8) is 0 Å². The molecule has 4 aromatic rings. The highest BCUT2D eigenvalue weighted by Gasteiger charge is 2.20. The van der Waals surface area contributed by atoms with Crippen molar-refractivity contribution in [3.05, 3.63) is 83.4 Å². The molecule has 11 heteroatoms. The van der Waals surface area contributed by atoms with E-state index in [4.69, 9.17) is 16.3 Å². The molecule has 3 N–H and O–H groups in total. The Morgan fingerprint density at radius 2 is 1.78 bits per heavy atom. The quantitative estimate of drug-likeness (QED) is 0.341. The van der Waals surface area contributed by atoms with Crippen molar-refractivity contribution in [2.45, 2.75) is 0 Å². The van der Waals surface area contributed by atoms with E-state index in [1.54, 1.807) is 42.5 Å². The van der Waals surface area contributed by atoms with Gasteiger partial charge in [-0.3, -0.25) is 10.1 Å². The van der Waals surface area contributed by atoms with E-state index >= 15 is 0 Å². The fourth-order valence-corrected chi connectivity index (χ4v) is 4.17. The van der Waals surface area contributed by atoms with Crippen molar-refractivity contribution in [1.29, 1.82) is 0 Å². The van der Waals surface area contributed by atoms with Gasteiger partial charge in [0.05, 0.1) is 35.1 Å². The van der Waals surface area contributed by atoms with E-state index in [2.05, 4.69) is 30.8 Å². The first kappa shape index (κ1) is 24.4. The standard InChI is InChI=1S/C26H22ClFN6O3/c27-19-12-17(6-7-20(19)28)31-24-18-13-22(32-26(36)33-25(35)16-4-2-1-3-5-16)23(14-21(18)29-15-30-24)34-8-10-37-11-9-34/h1-7,12-15H,8-11H2,(H,29,30,31)(H2,32,33,35,36). The first-order valence-corrected chi connectivity index (χ1v) is 11.9. The van der Waals surface area contributed by atoms with Gasteiger partial charge >= 0.3 is 6.03 Å². The van der Waals surface area contributed by atoms with Crippen LogP contribution in [0, 0.1) is 5.82 Å². The number of fused-ring (bicyclic) bond motifs is 1. The van der Waals surface area contributed by atoms with Crippen LogP contribution in [0.1, 0.15) is 10.4 Å². The van der Waals surface area contributed by atoms with Gasteiger partial charge in [0.1, 0.15) is 18.0 Å². The largest absolute Gasteiger partial charge is 0.378 e. The number of anilines is 4. The van der Waals surface area contributed by atoms with Crippen LogP contribution in [-0.2, 0) is 4.74 Å². The highest BCUT2D eigenvalue weighted by Crippen LogP contribution is 2.34. The van der Waals surface area contributed by atoms with Crippen LogP contribution < -0.4 is 20.9 Å². The molecule has 1 aliphatic rings. The molecule has 0 atom stereocenters. The molecule has 3 aromatic carbocycles. The third-order valence-electron chi connectivity index (χ3n) is 5.80. The Morgan fingerprint density at radius 1 is 1.00 bits per heavy atom. The normalized spacial score (nSPS) is 13.3. The Hall–Kier alpha value is -4.28. The number of nitrogens with one attached hydrogen (secondary N) is 3. The molecule has 0 aliphatic carbocycles. The average Bonchev–Trinajstić information content (AvgIpc) is 2.91. The molecule has 0 radical (unpaired) electrons. The number of nitrogens with zero attached hydrogens (tertiary/aromatic N) is 3. The highest BCUT2D eigenvalue weighted by molar-refractivity contribution is 6.31. The summed E-state index contributed by atoms with van der Waals surface area (Å²) in [6, 6.07) is 15.6. The van der Waals surface area contributed by atoms with Gasteiger partial charge in [-0.1, -0.05) is 29.8 Å². The van der Waals surface area contributed by atoms with Gasteiger partial charge in [-0.25, -0.2) is 19.2 Å². The molecule has 1 aliphatic heterocycles. The zero-order valence-corrected chi connectivity index (χ0v) is 20.3. The molecule has 1 saturated heterocycles. The van der Waals surface area contributed by atoms with Crippen molar-refractivity contribution in [1.82, 2.24) is 15.3 Å². The van der Waals surface area contributed by atoms with Crippen LogP contribution >= 0.6 is 11.6 Å². The van der Waals surface area contributed by atoms with Crippen LogP contribution in [0.2, 0.25) is 5.02 Å². The Morgan fingerprint density at radius 3 is 2.54 bits per heavy atom. The maximum atomic E-state index is 13.6. The second-order valence-corrected chi connectivity index (χ2v) is 8.64. The number of aromatic nitrogens is 2. The third kappa shape index (κ3) is 5.60. The molecule has 5 rings (SSSR count). The maximum Gasteiger partial charge on any atom is 0.326 e. The van der Waals surface area contributed by atoms with E-state index in [9.17, 15) is 14.0 Å². The highest BCUT2D eigenvalue weighted by atomic mass is 35.5. The summed E-state index contributed by atoms with van der Waals surface area (Å²) < 4.78 is 19.1. The lowest BCUT2D eigenvalue weighted by molar-refractivity contribution is 0.0967. The van der Waals surface area contributed by atoms with E-state index in [-0.39, 0.29) is 5.02 Å². The fourth-order valence-electron chi connectivity index (χ4n) is 3.99. The lowest BCUT2D eigenvalue weighted by Crippen LogP contribution is -2.38. The first-order chi connectivity index (χ1) is 18.0. The maximum absolute atomic E-state index is 13.6. The lowest BCUT2D eigenvalue weighted by Gasteiger charge is -2.31. The van der Waals surface area contributed by atoms with Crippen molar-refractivity contribution >= 4 is 57.3 Å². The Kier molecular flexibility index (Phi) is 7.11. The number of imide groups is 1. The molecule has 188 valence electrons. The molecule has 0 saturated carbocycles. The molecule has 0 bridgehead atoms. The Bertz CT molecular complexity index is 1460. The second kappa shape index (κ2) is 10.8. The van der Waals surface area contributed by atoms with Crippen molar-refractivity contribution in [2.24, 2.45) is 0 Å². The minimum atomic E-state index is -0.681. The predicted molar refractivity (Wildman–Crippen MR) is 140 cm³/mol. The molecule has 3 amide bonds. The molecule has 0 spiro atoms. The summed E-state index contributed by atoms with van der Waals surface area (Å²) >= 11 is 5.93. The topological polar surface area (TPSA) is 108 Å². The van der Waals surface area contributed by atoms with Crippen LogP contribution in [0.5, 0.6) is 0 Å². The van der Waals surface area contributed by atoms with Crippen LogP contribution in [0.4, 0.5) is 32.1 Å². The fraction of sp³-hybridized carbons (Fsp3) is 0.154. The van der Waals surface area contributed by atoms with Gasteiger partial charge in [0.2, 0.25) is 0 Å². The van der Waals surface area contributed by atoms with Crippen molar-refractivity contribution in [3.8, 4) is 0 Å². The van der Waals surface area contributed by atoms with Crippen LogP contribution in [0.15, 0.2) is 67.0 Å².